The maximum absolute atomic E-state index is 14.2. The number of carbonyl (C=O) groups is 3. The molecule has 0 bridgehead atoms. The van der Waals surface area contributed by atoms with Crippen molar-refractivity contribution in [2.45, 2.75) is 75.7 Å². The smallest absolute Gasteiger partial charge is 0.253 e. The van der Waals surface area contributed by atoms with Gasteiger partial charge < -0.3 is 25.4 Å². The number of likely N-dealkylation sites (tertiary alicyclic amines) is 1. The number of nitrogens with zero attached hydrogens (tertiary/aromatic N) is 3. The normalized spacial score (nSPS) is 20.9. The van der Waals surface area contributed by atoms with Crippen molar-refractivity contribution in [1.82, 2.24) is 20.4 Å². The summed E-state index contributed by atoms with van der Waals surface area (Å²) in [6, 6.07) is 19.0. The summed E-state index contributed by atoms with van der Waals surface area (Å²) in [6.45, 7) is 1.92. The van der Waals surface area contributed by atoms with Crippen LogP contribution in [0, 0.1) is 5.92 Å². The van der Waals surface area contributed by atoms with Gasteiger partial charge in [0.05, 0.1) is 6.10 Å². The van der Waals surface area contributed by atoms with Gasteiger partial charge in [0.25, 0.3) is 11.6 Å². The third-order valence-electron chi connectivity index (χ3n) is 10.1. The summed E-state index contributed by atoms with van der Waals surface area (Å²) >= 11 is 0. The number of nitrogens with one attached hydrogen (secondary N) is 2. The van der Waals surface area contributed by atoms with Crippen molar-refractivity contribution in [3.8, 4) is 11.5 Å². The average molecular weight is 643 g/mol. The first kappa shape index (κ1) is 32.5. The van der Waals surface area contributed by atoms with E-state index in [1.165, 1.54) is 6.20 Å². The first-order chi connectivity index (χ1) is 22.8. The molecule has 2 atom stereocenters. The van der Waals surface area contributed by atoms with Gasteiger partial charge in [0.2, 0.25) is 18.0 Å². The molecule has 11 nitrogen and oxygen atoms in total. The fourth-order valence-corrected chi connectivity index (χ4v) is 7.26. The SMILES string of the molecule is CNC(=O)c1ccc(Oc2ccc(CN3CCC4(CC3)C(=O)N[C@H]([C@H](O)C3CCCCC3)C(=O)N4Cc3cccc[n+]3O)cc2)cc1. The minimum Gasteiger partial charge on any atom is -0.457 e. The van der Waals surface area contributed by atoms with E-state index in [0.717, 1.165) is 42.4 Å². The number of rotatable bonds is 9. The van der Waals surface area contributed by atoms with Crippen LogP contribution in [0.1, 0.15) is 66.6 Å². The third-order valence-corrected chi connectivity index (χ3v) is 10.1. The lowest BCUT2D eigenvalue weighted by molar-refractivity contribution is -0.910. The Kier molecular flexibility index (Phi) is 9.74. The molecular weight excluding hydrogens is 598 g/mol. The van der Waals surface area contributed by atoms with Gasteiger partial charge in [-0.25, -0.2) is 0 Å². The highest BCUT2D eigenvalue weighted by molar-refractivity contribution is 6.00. The maximum atomic E-state index is 14.2. The number of benzene rings is 2. The van der Waals surface area contributed by atoms with Crippen LogP contribution >= 0.6 is 0 Å². The van der Waals surface area contributed by atoms with Crippen molar-refractivity contribution in [3.63, 3.8) is 0 Å². The van der Waals surface area contributed by atoms with Crippen LogP contribution in [0.5, 0.6) is 11.5 Å². The number of ether oxygens (including phenoxy) is 1. The van der Waals surface area contributed by atoms with Crippen molar-refractivity contribution in [3.05, 3.63) is 89.7 Å². The highest BCUT2D eigenvalue weighted by Gasteiger charge is 2.56. The quantitative estimate of drug-likeness (QED) is 0.208. The molecule has 6 rings (SSSR count). The molecule has 4 N–H and O–H groups in total. The molecule has 248 valence electrons. The Morgan fingerprint density at radius 3 is 2.28 bits per heavy atom. The van der Waals surface area contributed by atoms with E-state index in [4.69, 9.17) is 4.74 Å². The zero-order valence-electron chi connectivity index (χ0n) is 26.8. The zero-order valence-corrected chi connectivity index (χ0v) is 26.8. The highest BCUT2D eigenvalue weighted by Crippen LogP contribution is 2.37. The number of carbonyl (C=O) groups excluding carboxylic acids is 3. The Morgan fingerprint density at radius 1 is 0.979 bits per heavy atom. The summed E-state index contributed by atoms with van der Waals surface area (Å²) in [5.74, 6) is 0.605. The van der Waals surface area contributed by atoms with Crippen LogP contribution in [-0.2, 0) is 22.7 Å². The van der Waals surface area contributed by atoms with Gasteiger partial charge in [0, 0.05) is 49.1 Å². The number of piperazine rings is 1. The lowest BCUT2D eigenvalue weighted by atomic mass is 9.78. The van der Waals surface area contributed by atoms with Gasteiger partial charge in [-0.2, -0.15) is 0 Å². The molecule has 1 aromatic heterocycles. The van der Waals surface area contributed by atoms with Crippen molar-refractivity contribution >= 4 is 17.7 Å². The Labute approximate surface area is 275 Å². The predicted octanol–water partition coefficient (Wildman–Crippen LogP) is 3.17. The fourth-order valence-electron chi connectivity index (χ4n) is 7.26. The van der Waals surface area contributed by atoms with Gasteiger partial charge in [-0.05, 0) is 79.6 Å². The standard InChI is InChI=1S/C36H43N5O6/c1-37-33(43)27-12-16-30(17-13-27)47-29-14-10-25(11-15-29)23-39-21-18-36(19-22-39)35(45)38-31(32(42)26-7-3-2-4-8-26)34(44)40(36)24-28-9-5-6-20-41(28)46/h5-6,9-17,20,26,31-32,42H,2-4,7-8,18-19,21-24H2,1H3,(H2-,37,38,43,45,46)/p+1/t31-,32-/m1/s1. The number of aliphatic hydroxyl groups is 1. The number of hydrogen-bond donors (Lipinski definition) is 4. The van der Waals surface area contributed by atoms with Crippen molar-refractivity contribution in [1.29, 1.82) is 0 Å². The largest absolute Gasteiger partial charge is 0.457 e. The van der Waals surface area contributed by atoms with Gasteiger partial charge in [-0.1, -0.05) is 31.4 Å². The summed E-state index contributed by atoms with van der Waals surface area (Å²) in [7, 11) is 1.59. The molecule has 3 fully saturated rings. The van der Waals surface area contributed by atoms with Crippen LogP contribution in [0.4, 0.5) is 0 Å². The summed E-state index contributed by atoms with van der Waals surface area (Å²) in [5.41, 5.74) is 1.06. The second-order valence-corrected chi connectivity index (χ2v) is 13.0. The molecule has 1 spiro atoms. The fraction of sp³-hybridized carbons (Fsp3) is 0.444. The van der Waals surface area contributed by atoms with Gasteiger partial charge in [0.1, 0.15) is 29.6 Å². The molecule has 3 heterocycles. The molecule has 0 radical (unpaired) electrons. The molecule has 3 amide bonds. The van der Waals surface area contributed by atoms with Crippen molar-refractivity contribution in [2.75, 3.05) is 20.1 Å². The van der Waals surface area contributed by atoms with E-state index >= 15 is 0 Å². The van der Waals surface area contributed by atoms with Crippen LogP contribution in [0.3, 0.4) is 0 Å². The molecule has 47 heavy (non-hydrogen) atoms. The van der Waals surface area contributed by atoms with Gasteiger partial charge in [-0.3, -0.25) is 24.5 Å². The minimum atomic E-state index is -1.08. The van der Waals surface area contributed by atoms with Crippen molar-refractivity contribution in [2.24, 2.45) is 5.92 Å². The molecule has 11 heteroatoms. The Bertz CT molecular complexity index is 1570. The Hall–Kier alpha value is -4.48. The first-order valence-electron chi connectivity index (χ1n) is 16.6. The monoisotopic (exact) mass is 642 g/mol. The van der Waals surface area contributed by atoms with E-state index in [0.29, 0.717) is 55.2 Å². The third kappa shape index (κ3) is 6.96. The summed E-state index contributed by atoms with van der Waals surface area (Å²) in [5, 5.41) is 27.4. The second kappa shape index (κ2) is 14.1. The molecule has 2 aromatic carbocycles. The number of aromatic nitrogens is 1. The topological polar surface area (TPSA) is 135 Å². The number of aliphatic hydroxyl groups excluding tert-OH is 1. The molecule has 1 saturated carbocycles. The molecule has 1 aliphatic carbocycles. The Morgan fingerprint density at radius 2 is 1.64 bits per heavy atom. The predicted molar refractivity (Wildman–Crippen MR) is 172 cm³/mol. The zero-order chi connectivity index (χ0) is 33.0. The molecule has 2 aliphatic heterocycles. The van der Waals surface area contributed by atoms with E-state index in [1.54, 1.807) is 54.4 Å². The molecule has 0 unspecified atom stereocenters. The van der Waals surface area contributed by atoms with Crippen LogP contribution in [-0.4, -0.2) is 75.7 Å². The van der Waals surface area contributed by atoms with Gasteiger partial charge in [0.15, 0.2) is 0 Å². The first-order valence-corrected chi connectivity index (χ1v) is 16.6. The lowest BCUT2D eigenvalue weighted by Crippen LogP contribution is -2.74. The summed E-state index contributed by atoms with van der Waals surface area (Å²) < 4.78 is 6.95. The van der Waals surface area contributed by atoms with E-state index < -0.39 is 17.7 Å². The van der Waals surface area contributed by atoms with Crippen LogP contribution < -0.4 is 20.1 Å². The van der Waals surface area contributed by atoms with Crippen LogP contribution in [0.15, 0.2) is 72.9 Å². The van der Waals surface area contributed by atoms with E-state index in [2.05, 4.69) is 15.5 Å². The average Bonchev–Trinajstić information content (AvgIpc) is 3.11. The molecule has 2 saturated heterocycles. The van der Waals surface area contributed by atoms with E-state index in [-0.39, 0.29) is 30.2 Å². The van der Waals surface area contributed by atoms with Crippen molar-refractivity contribution < 1.29 is 34.2 Å². The van der Waals surface area contributed by atoms with E-state index in [9.17, 15) is 24.7 Å². The maximum Gasteiger partial charge on any atom is 0.253 e. The van der Waals surface area contributed by atoms with Crippen LogP contribution in [0.25, 0.3) is 0 Å². The number of piperidine rings is 1. The lowest BCUT2D eigenvalue weighted by Gasteiger charge is -2.52. The summed E-state index contributed by atoms with van der Waals surface area (Å²) in [6.07, 6.45) is 6.26. The molecule has 3 aromatic rings. The number of hydrogen-bond acceptors (Lipinski definition) is 7. The Balaban J connectivity index is 1.12. The van der Waals surface area contributed by atoms with Crippen LogP contribution in [0.2, 0.25) is 0 Å². The number of pyridine rings is 1. The van der Waals surface area contributed by atoms with E-state index in [1.807, 2.05) is 24.3 Å². The second-order valence-electron chi connectivity index (χ2n) is 13.0. The molecular formula is C36H44N5O6+. The minimum absolute atomic E-state index is 0.0263. The number of amides is 3. The van der Waals surface area contributed by atoms with Gasteiger partial charge >= 0.3 is 0 Å². The highest BCUT2D eigenvalue weighted by atomic mass is 16.5. The summed E-state index contributed by atoms with van der Waals surface area (Å²) in [4.78, 5) is 43.8. The van der Waals surface area contributed by atoms with Gasteiger partial charge in [-0.15, -0.1) is 0 Å². The molecule has 3 aliphatic rings.